The average Bonchev–Trinajstić information content (AvgIpc) is 2.74. The van der Waals surface area contributed by atoms with Crippen molar-refractivity contribution in [3.05, 3.63) is 82.1 Å². The van der Waals surface area contributed by atoms with Crippen LogP contribution in [0.5, 0.6) is 0 Å². The van der Waals surface area contributed by atoms with E-state index in [-0.39, 0.29) is 35.2 Å². The molecule has 0 N–H and O–H groups in total. The van der Waals surface area contributed by atoms with Gasteiger partial charge in [-0.2, -0.15) is 0 Å². The molecule has 0 aromatic heterocycles. The van der Waals surface area contributed by atoms with Crippen LogP contribution in [0.4, 0.5) is 5.69 Å². The van der Waals surface area contributed by atoms with Crippen molar-refractivity contribution in [1.29, 1.82) is 0 Å². The van der Waals surface area contributed by atoms with Crippen molar-refractivity contribution in [3.63, 3.8) is 0 Å². The molecule has 7 nitrogen and oxygen atoms in total. The largest absolute Gasteiger partial charge is 0.496 e. The summed E-state index contributed by atoms with van der Waals surface area (Å²) in [6.45, 7) is 0. The Morgan fingerprint density at radius 2 is 1.79 bits per heavy atom. The quantitative estimate of drug-likeness (QED) is 0.444. The number of ketones is 1. The minimum atomic E-state index is -0.536. The molecule has 4 rings (SSSR count). The van der Waals surface area contributed by atoms with Gasteiger partial charge in [0.1, 0.15) is 12.2 Å². The highest BCUT2D eigenvalue weighted by atomic mass is 16.6. The number of esters is 1. The van der Waals surface area contributed by atoms with Gasteiger partial charge in [-0.25, -0.2) is 4.79 Å². The minimum absolute atomic E-state index is 0.0626. The number of benzene rings is 2. The second-order valence-electron chi connectivity index (χ2n) is 7.19. The van der Waals surface area contributed by atoms with Gasteiger partial charge in [-0.1, -0.05) is 30.3 Å². The molecule has 0 spiro atoms. The number of nitro benzene ring substituents is 1. The molecule has 2 aromatic carbocycles. The molecule has 3 unspecified atom stereocenters. The molecule has 2 aliphatic rings. The lowest BCUT2D eigenvalue weighted by Gasteiger charge is -2.37. The molecular weight excluding hydrogens is 374 g/mol. The minimum Gasteiger partial charge on any atom is -0.496 e. The van der Waals surface area contributed by atoms with Gasteiger partial charge in [-0.15, -0.1) is 0 Å². The first-order chi connectivity index (χ1) is 14.0. The molecule has 1 fully saturated rings. The molecule has 148 valence electrons. The third kappa shape index (κ3) is 3.89. The highest BCUT2D eigenvalue weighted by Crippen LogP contribution is 2.37. The number of hydrogen-bond donors (Lipinski definition) is 0. The maximum absolute atomic E-state index is 12.9. The van der Waals surface area contributed by atoms with Crippen LogP contribution < -0.4 is 0 Å². The van der Waals surface area contributed by atoms with Crippen LogP contribution in [0.2, 0.25) is 0 Å². The van der Waals surface area contributed by atoms with Crippen molar-refractivity contribution < 1.29 is 24.0 Å². The molecule has 0 saturated heterocycles. The number of nitrogens with zero attached hydrogens (tertiary/aromatic N) is 1. The van der Waals surface area contributed by atoms with Crippen molar-refractivity contribution in [2.24, 2.45) is 5.92 Å². The van der Waals surface area contributed by atoms with E-state index >= 15 is 0 Å². The number of nitro groups is 1. The Labute approximate surface area is 167 Å². The maximum Gasteiger partial charge on any atom is 0.338 e. The Morgan fingerprint density at radius 3 is 2.48 bits per heavy atom. The fourth-order valence-electron chi connectivity index (χ4n) is 3.83. The summed E-state index contributed by atoms with van der Waals surface area (Å²) in [6.07, 6.45) is 2.41. The lowest BCUT2D eigenvalue weighted by atomic mass is 9.78. The molecule has 3 atom stereocenters. The summed E-state index contributed by atoms with van der Waals surface area (Å²) >= 11 is 0. The van der Waals surface area contributed by atoms with E-state index in [1.165, 1.54) is 30.5 Å². The van der Waals surface area contributed by atoms with Gasteiger partial charge in [-0.3, -0.25) is 14.9 Å². The fraction of sp³-hybridized carbons (Fsp3) is 0.273. The Hall–Kier alpha value is -3.48. The predicted molar refractivity (Wildman–Crippen MR) is 104 cm³/mol. The SMILES string of the molecule is O=C(OC1CCC2C(=O)C(c3ccccc3)=COC2C1)c1ccc([N+](=O)[O-])cc1. The van der Waals surface area contributed by atoms with Gasteiger partial charge in [0, 0.05) is 18.6 Å². The molecule has 0 bridgehead atoms. The van der Waals surface area contributed by atoms with Crippen LogP contribution in [0.25, 0.3) is 5.57 Å². The van der Waals surface area contributed by atoms with Crippen LogP contribution in [0, 0.1) is 16.0 Å². The third-order valence-electron chi connectivity index (χ3n) is 5.38. The second kappa shape index (κ2) is 7.87. The number of carbonyl (C=O) groups is 2. The third-order valence-corrected chi connectivity index (χ3v) is 5.38. The van der Waals surface area contributed by atoms with Crippen LogP contribution in [0.3, 0.4) is 0 Å². The summed E-state index contributed by atoms with van der Waals surface area (Å²) < 4.78 is 11.4. The summed E-state index contributed by atoms with van der Waals surface area (Å²) in [7, 11) is 0. The first kappa shape index (κ1) is 18.9. The van der Waals surface area contributed by atoms with E-state index in [1.54, 1.807) is 0 Å². The second-order valence-corrected chi connectivity index (χ2v) is 7.19. The van der Waals surface area contributed by atoms with Gasteiger partial charge >= 0.3 is 5.97 Å². The van der Waals surface area contributed by atoms with E-state index in [9.17, 15) is 19.7 Å². The first-order valence-electron chi connectivity index (χ1n) is 9.43. The molecule has 7 heteroatoms. The predicted octanol–water partition coefficient (Wildman–Crippen LogP) is 3.93. The summed E-state index contributed by atoms with van der Waals surface area (Å²) in [4.78, 5) is 35.4. The van der Waals surface area contributed by atoms with Gasteiger partial charge in [-0.05, 0) is 30.5 Å². The Kier molecular flexibility index (Phi) is 5.12. The molecular formula is C22H19NO6. The molecule has 0 radical (unpaired) electrons. The smallest absolute Gasteiger partial charge is 0.338 e. The number of allylic oxidation sites excluding steroid dienone is 1. The maximum atomic E-state index is 12.9. The number of Topliss-reactive ketones (excluding diaryl/α,β-unsaturated/α-hetero) is 1. The van der Waals surface area contributed by atoms with E-state index in [0.29, 0.717) is 24.8 Å². The van der Waals surface area contributed by atoms with Crippen LogP contribution in [0.1, 0.15) is 35.2 Å². The van der Waals surface area contributed by atoms with Gasteiger partial charge in [0.25, 0.3) is 5.69 Å². The zero-order valence-electron chi connectivity index (χ0n) is 15.5. The first-order valence-corrected chi connectivity index (χ1v) is 9.43. The standard InChI is InChI=1S/C22H19NO6/c24-21-18-11-10-17(29-22(25)15-6-8-16(9-7-15)23(26)27)12-20(18)28-13-19(21)14-4-2-1-3-5-14/h1-9,13,17-18,20H,10-12H2. The number of rotatable bonds is 4. The lowest BCUT2D eigenvalue weighted by molar-refractivity contribution is -0.384. The van der Waals surface area contributed by atoms with Crippen molar-refractivity contribution in [2.45, 2.75) is 31.5 Å². The number of non-ortho nitro benzene ring substituents is 1. The Bertz CT molecular complexity index is 967. The normalized spacial score (nSPS) is 23.4. The van der Waals surface area contributed by atoms with Gasteiger partial charge in [0.2, 0.25) is 0 Å². The van der Waals surface area contributed by atoms with E-state index in [0.717, 1.165) is 5.56 Å². The van der Waals surface area contributed by atoms with Crippen molar-refractivity contribution >= 4 is 23.0 Å². The highest BCUT2D eigenvalue weighted by molar-refractivity contribution is 6.22. The summed E-state index contributed by atoms with van der Waals surface area (Å²) in [6, 6.07) is 14.7. The zero-order valence-corrected chi connectivity index (χ0v) is 15.5. The number of hydrogen-bond acceptors (Lipinski definition) is 6. The topological polar surface area (TPSA) is 95.7 Å². The van der Waals surface area contributed by atoms with Gasteiger partial charge < -0.3 is 9.47 Å². The molecule has 1 heterocycles. The fourth-order valence-corrected chi connectivity index (χ4v) is 3.83. The van der Waals surface area contributed by atoms with Gasteiger partial charge in [0.05, 0.1) is 28.2 Å². The van der Waals surface area contributed by atoms with Crippen molar-refractivity contribution in [1.82, 2.24) is 0 Å². The summed E-state index contributed by atoms with van der Waals surface area (Å²) in [5.41, 5.74) is 1.58. The molecule has 1 aliphatic heterocycles. The summed E-state index contributed by atoms with van der Waals surface area (Å²) in [5.74, 6) is -0.719. The molecule has 29 heavy (non-hydrogen) atoms. The summed E-state index contributed by atoms with van der Waals surface area (Å²) in [5, 5.41) is 10.7. The van der Waals surface area contributed by atoms with Crippen molar-refractivity contribution in [3.8, 4) is 0 Å². The van der Waals surface area contributed by atoms with E-state index in [4.69, 9.17) is 9.47 Å². The van der Waals surface area contributed by atoms with Crippen molar-refractivity contribution in [2.75, 3.05) is 0 Å². The lowest BCUT2D eigenvalue weighted by Crippen LogP contribution is -2.41. The Balaban J connectivity index is 1.40. The number of ether oxygens (including phenoxy) is 2. The average molecular weight is 393 g/mol. The number of carbonyl (C=O) groups excluding carboxylic acids is 2. The van der Waals surface area contributed by atoms with Crippen LogP contribution in [0.15, 0.2) is 60.9 Å². The van der Waals surface area contributed by atoms with E-state index < -0.39 is 10.9 Å². The van der Waals surface area contributed by atoms with Crippen LogP contribution in [-0.2, 0) is 14.3 Å². The highest BCUT2D eigenvalue weighted by Gasteiger charge is 2.41. The van der Waals surface area contributed by atoms with Crippen LogP contribution >= 0.6 is 0 Å². The van der Waals surface area contributed by atoms with E-state index in [2.05, 4.69) is 0 Å². The van der Waals surface area contributed by atoms with Gasteiger partial charge in [0.15, 0.2) is 5.78 Å². The zero-order chi connectivity index (χ0) is 20.4. The van der Waals surface area contributed by atoms with Crippen LogP contribution in [-0.4, -0.2) is 28.9 Å². The molecule has 1 saturated carbocycles. The Morgan fingerprint density at radius 1 is 1.07 bits per heavy atom. The monoisotopic (exact) mass is 393 g/mol. The number of fused-ring (bicyclic) bond motifs is 1. The molecule has 1 aliphatic carbocycles. The van der Waals surface area contributed by atoms with E-state index in [1.807, 2.05) is 30.3 Å². The molecule has 0 amide bonds. The molecule has 2 aromatic rings.